The zero-order valence-electron chi connectivity index (χ0n) is 8.59. The number of aromatic nitrogens is 1. The van der Waals surface area contributed by atoms with Crippen molar-refractivity contribution in [2.45, 2.75) is 27.7 Å². The molecular weight excluding hydrogens is 178 g/mol. The highest BCUT2D eigenvalue weighted by Crippen LogP contribution is 2.24. The first kappa shape index (κ1) is 10.2. The number of thiazole rings is 1. The number of nitrogens with zero attached hydrogens (tertiary/aromatic N) is 1. The van der Waals surface area contributed by atoms with E-state index in [4.69, 9.17) is 0 Å². The van der Waals surface area contributed by atoms with Gasteiger partial charge in [-0.15, -0.1) is 11.3 Å². The van der Waals surface area contributed by atoms with E-state index in [1.165, 1.54) is 15.8 Å². The van der Waals surface area contributed by atoms with Gasteiger partial charge >= 0.3 is 0 Å². The number of hydrogen-bond acceptors (Lipinski definition) is 2. The van der Waals surface area contributed by atoms with E-state index in [-0.39, 0.29) is 0 Å². The van der Waals surface area contributed by atoms with Gasteiger partial charge in [0.25, 0.3) is 0 Å². The molecule has 0 aliphatic heterocycles. The van der Waals surface area contributed by atoms with Gasteiger partial charge in [0.2, 0.25) is 0 Å². The van der Waals surface area contributed by atoms with Crippen molar-refractivity contribution >= 4 is 21.6 Å². The first-order valence-corrected chi connectivity index (χ1v) is 5.46. The maximum atomic E-state index is 4.30. The summed E-state index contributed by atoms with van der Waals surface area (Å²) in [4.78, 5) is 4.30. The predicted molar refractivity (Wildman–Crippen MR) is 60.4 cm³/mol. The van der Waals surface area contributed by atoms with Gasteiger partial charge < -0.3 is 0 Å². The van der Waals surface area contributed by atoms with Crippen molar-refractivity contribution in [3.8, 4) is 0 Å². The van der Waals surface area contributed by atoms with Gasteiger partial charge in [-0.3, -0.25) is 0 Å². The number of benzene rings is 1. The smallest absolute Gasteiger partial charge is 0.0843 e. The molecule has 70 valence electrons. The molecule has 1 nitrogen and oxygen atoms in total. The first-order chi connectivity index (χ1) is 6.29. The van der Waals surface area contributed by atoms with E-state index in [1.807, 2.05) is 19.4 Å². The molecule has 0 unspecified atom stereocenters. The van der Waals surface area contributed by atoms with Gasteiger partial charge in [-0.2, -0.15) is 0 Å². The molecule has 1 aromatic carbocycles. The van der Waals surface area contributed by atoms with Crippen LogP contribution in [0.5, 0.6) is 0 Å². The normalized spacial score (nSPS) is 9.54. The minimum atomic E-state index is 1.16. The van der Waals surface area contributed by atoms with Gasteiger partial charge in [0.15, 0.2) is 0 Å². The topological polar surface area (TPSA) is 12.9 Å². The number of fused-ring (bicyclic) bond motifs is 1. The molecule has 2 heteroatoms. The van der Waals surface area contributed by atoms with Crippen molar-refractivity contribution in [2.75, 3.05) is 0 Å². The van der Waals surface area contributed by atoms with Gasteiger partial charge in [-0.1, -0.05) is 26.0 Å². The Hall–Kier alpha value is -0.890. The highest BCUT2D eigenvalue weighted by atomic mass is 32.1. The summed E-state index contributed by atoms with van der Waals surface area (Å²) in [5.41, 5.74) is 5.67. The molecule has 0 saturated heterocycles. The van der Waals surface area contributed by atoms with Crippen LogP contribution in [-0.4, -0.2) is 4.98 Å². The fraction of sp³-hybridized carbons (Fsp3) is 0.364. The predicted octanol–water partition coefficient (Wildman–Crippen LogP) is 3.94. The van der Waals surface area contributed by atoms with Crippen LogP contribution >= 0.6 is 11.3 Å². The molecule has 0 fully saturated rings. The van der Waals surface area contributed by atoms with E-state index in [9.17, 15) is 0 Å². The first-order valence-electron chi connectivity index (χ1n) is 4.58. The summed E-state index contributed by atoms with van der Waals surface area (Å²) in [6.07, 6.45) is 0. The summed E-state index contributed by atoms with van der Waals surface area (Å²) < 4.78 is 1.32. The summed E-state index contributed by atoms with van der Waals surface area (Å²) in [7, 11) is 0. The second kappa shape index (κ2) is 4.38. The maximum Gasteiger partial charge on any atom is 0.0843 e. The van der Waals surface area contributed by atoms with E-state index in [0.717, 1.165) is 5.52 Å². The Balaban J connectivity index is 0.000000396. The average molecular weight is 193 g/mol. The van der Waals surface area contributed by atoms with Gasteiger partial charge in [-0.25, -0.2) is 4.98 Å². The molecule has 1 aromatic heterocycles. The standard InChI is InChI=1S/C9H9NS.C2H6/c1-6-3-4-7(2)9-8(6)10-5-11-9;1-2/h3-5H,1-2H3;1-2H3. The summed E-state index contributed by atoms with van der Waals surface area (Å²) >= 11 is 1.72. The summed E-state index contributed by atoms with van der Waals surface area (Å²) in [5, 5.41) is 0. The van der Waals surface area contributed by atoms with Crippen LogP contribution in [0.2, 0.25) is 0 Å². The van der Waals surface area contributed by atoms with Crippen molar-refractivity contribution in [3.63, 3.8) is 0 Å². The number of rotatable bonds is 0. The molecule has 0 N–H and O–H groups in total. The highest BCUT2D eigenvalue weighted by Gasteiger charge is 2.01. The zero-order chi connectivity index (χ0) is 9.84. The molecular formula is C11H15NS. The van der Waals surface area contributed by atoms with E-state index < -0.39 is 0 Å². The Kier molecular flexibility index (Phi) is 3.43. The molecule has 0 amide bonds. The van der Waals surface area contributed by atoms with Crippen molar-refractivity contribution < 1.29 is 0 Å². The van der Waals surface area contributed by atoms with Gasteiger partial charge in [0, 0.05) is 0 Å². The second-order valence-electron chi connectivity index (χ2n) is 2.73. The lowest BCUT2D eigenvalue weighted by atomic mass is 10.1. The van der Waals surface area contributed by atoms with E-state index in [2.05, 4.69) is 31.0 Å². The van der Waals surface area contributed by atoms with Crippen LogP contribution in [0.1, 0.15) is 25.0 Å². The van der Waals surface area contributed by atoms with Crippen molar-refractivity contribution in [2.24, 2.45) is 0 Å². The third kappa shape index (κ3) is 1.89. The quantitative estimate of drug-likeness (QED) is 0.617. The van der Waals surface area contributed by atoms with Crippen LogP contribution in [0.15, 0.2) is 17.6 Å². The molecule has 0 spiro atoms. The fourth-order valence-electron chi connectivity index (χ4n) is 1.21. The molecule has 1 heterocycles. The monoisotopic (exact) mass is 193 g/mol. The molecule has 0 aliphatic carbocycles. The Labute approximate surface area is 83.4 Å². The summed E-state index contributed by atoms with van der Waals surface area (Å²) in [6.45, 7) is 8.22. The largest absolute Gasteiger partial charge is 0.244 e. The van der Waals surface area contributed by atoms with E-state index in [0.29, 0.717) is 0 Å². The molecule has 0 bridgehead atoms. The lowest BCUT2D eigenvalue weighted by Crippen LogP contribution is -1.77. The Morgan fingerprint density at radius 1 is 1.08 bits per heavy atom. The van der Waals surface area contributed by atoms with Crippen LogP contribution in [0.25, 0.3) is 10.2 Å². The molecule has 0 atom stereocenters. The zero-order valence-corrected chi connectivity index (χ0v) is 9.40. The molecule has 2 aromatic rings. The molecule has 13 heavy (non-hydrogen) atoms. The van der Waals surface area contributed by atoms with E-state index in [1.54, 1.807) is 11.3 Å². The van der Waals surface area contributed by atoms with Crippen molar-refractivity contribution in [3.05, 3.63) is 28.8 Å². The highest BCUT2D eigenvalue weighted by molar-refractivity contribution is 7.17. The van der Waals surface area contributed by atoms with Gasteiger partial charge in [0.05, 0.1) is 15.7 Å². The van der Waals surface area contributed by atoms with Crippen LogP contribution < -0.4 is 0 Å². The fourth-order valence-corrected chi connectivity index (χ4v) is 2.05. The average Bonchev–Trinajstić information content (AvgIpc) is 2.64. The molecule has 0 saturated carbocycles. The third-order valence-corrected chi connectivity index (χ3v) is 2.84. The van der Waals surface area contributed by atoms with Gasteiger partial charge in [0.1, 0.15) is 0 Å². The van der Waals surface area contributed by atoms with Crippen LogP contribution in [-0.2, 0) is 0 Å². The lowest BCUT2D eigenvalue weighted by molar-refractivity contribution is 1.40. The second-order valence-corrected chi connectivity index (χ2v) is 3.58. The van der Waals surface area contributed by atoms with E-state index >= 15 is 0 Å². The Bertz CT molecular complexity index is 354. The van der Waals surface area contributed by atoms with Crippen LogP contribution in [0.3, 0.4) is 0 Å². The van der Waals surface area contributed by atoms with Crippen LogP contribution in [0, 0.1) is 13.8 Å². The van der Waals surface area contributed by atoms with Crippen molar-refractivity contribution in [1.29, 1.82) is 0 Å². The number of hydrogen-bond donors (Lipinski definition) is 0. The third-order valence-electron chi connectivity index (χ3n) is 1.88. The Morgan fingerprint density at radius 2 is 1.69 bits per heavy atom. The Morgan fingerprint density at radius 3 is 2.31 bits per heavy atom. The lowest BCUT2D eigenvalue weighted by Gasteiger charge is -1.96. The SMILES string of the molecule is CC.Cc1ccc(C)c2scnc12. The minimum absolute atomic E-state index is 1.16. The molecule has 0 aliphatic rings. The maximum absolute atomic E-state index is 4.30. The van der Waals surface area contributed by atoms with Crippen LogP contribution in [0.4, 0.5) is 0 Å². The van der Waals surface area contributed by atoms with Gasteiger partial charge in [-0.05, 0) is 25.0 Å². The number of aryl methyl sites for hydroxylation is 2. The molecule has 0 radical (unpaired) electrons. The molecule has 2 rings (SSSR count). The van der Waals surface area contributed by atoms with Crippen molar-refractivity contribution in [1.82, 2.24) is 4.98 Å². The minimum Gasteiger partial charge on any atom is -0.244 e. The summed E-state index contributed by atoms with van der Waals surface area (Å²) in [6, 6.07) is 4.27. The summed E-state index contributed by atoms with van der Waals surface area (Å²) in [5.74, 6) is 0.